The van der Waals surface area contributed by atoms with Gasteiger partial charge in [-0.05, 0) is 38.3 Å². The average molecular weight is 257 g/mol. The summed E-state index contributed by atoms with van der Waals surface area (Å²) >= 11 is 0. The van der Waals surface area contributed by atoms with E-state index in [1.54, 1.807) is 6.20 Å². The first-order valence-corrected chi connectivity index (χ1v) is 7.01. The number of hydrogen-bond donors (Lipinski definition) is 0. The Labute approximate surface area is 113 Å². The molecular formula is C15H19N3O. The van der Waals surface area contributed by atoms with E-state index in [4.69, 9.17) is 4.52 Å². The molecule has 0 saturated heterocycles. The molecule has 3 rings (SSSR count). The van der Waals surface area contributed by atoms with E-state index in [0.29, 0.717) is 5.82 Å². The fraction of sp³-hybridized carbons (Fsp3) is 0.533. The van der Waals surface area contributed by atoms with Gasteiger partial charge in [-0.2, -0.15) is 4.98 Å². The summed E-state index contributed by atoms with van der Waals surface area (Å²) in [5.74, 6) is 1.46. The Kier molecular flexibility index (Phi) is 3.09. The molecule has 2 aromatic rings. The normalized spacial score (nSPS) is 17.8. The summed E-state index contributed by atoms with van der Waals surface area (Å²) < 4.78 is 5.54. The molecule has 19 heavy (non-hydrogen) atoms. The summed E-state index contributed by atoms with van der Waals surface area (Å²) in [6.07, 6.45) is 7.72. The average Bonchev–Trinajstić information content (AvgIpc) is 3.09. The van der Waals surface area contributed by atoms with Crippen LogP contribution in [0.25, 0.3) is 11.4 Å². The zero-order valence-corrected chi connectivity index (χ0v) is 11.5. The van der Waals surface area contributed by atoms with Crippen molar-refractivity contribution in [1.82, 2.24) is 15.1 Å². The van der Waals surface area contributed by atoms with E-state index >= 15 is 0 Å². The van der Waals surface area contributed by atoms with E-state index in [1.807, 2.05) is 19.1 Å². The van der Waals surface area contributed by atoms with Crippen LogP contribution in [0.4, 0.5) is 0 Å². The standard InChI is InChI=1S/C15H19N3O/c1-3-15(8-4-5-9-15)14-17-13(18-19-14)12-7-6-11(2)16-10-12/h6-7,10H,3-5,8-9H2,1-2H3. The largest absolute Gasteiger partial charge is 0.338 e. The van der Waals surface area contributed by atoms with Crippen LogP contribution in [-0.4, -0.2) is 15.1 Å². The minimum atomic E-state index is 0.114. The lowest BCUT2D eigenvalue weighted by molar-refractivity contribution is 0.273. The SMILES string of the molecule is CCC1(c2nc(-c3ccc(C)nc3)no2)CCCC1. The predicted octanol–water partition coefficient (Wildman–Crippen LogP) is 3.66. The monoisotopic (exact) mass is 257 g/mol. The van der Waals surface area contributed by atoms with Crippen molar-refractivity contribution in [3.8, 4) is 11.4 Å². The maximum absolute atomic E-state index is 5.54. The molecule has 100 valence electrons. The van der Waals surface area contributed by atoms with E-state index in [2.05, 4.69) is 22.0 Å². The highest BCUT2D eigenvalue weighted by Crippen LogP contribution is 2.43. The van der Waals surface area contributed by atoms with Crippen molar-refractivity contribution in [1.29, 1.82) is 0 Å². The maximum Gasteiger partial charge on any atom is 0.233 e. The van der Waals surface area contributed by atoms with Gasteiger partial charge in [0.15, 0.2) is 0 Å². The van der Waals surface area contributed by atoms with Gasteiger partial charge in [-0.3, -0.25) is 4.98 Å². The number of pyridine rings is 1. The number of nitrogens with zero attached hydrogens (tertiary/aromatic N) is 3. The molecule has 0 amide bonds. The smallest absolute Gasteiger partial charge is 0.233 e. The molecule has 0 aromatic carbocycles. The molecule has 1 fully saturated rings. The Morgan fingerprint density at radius 3 is 2.68 bits per heavy atom. The molecule has 1 aliphatic rings. The lowest BCUT2D eigenvalue weighted by Crippen LogP contribution is -2.21. The molecule has 2 heterocycles. The van der Waals surface area contributed by atoms with Crippen LogP contribution in [0.3, 0.4) is 0 Å². The van der Waals surface area contributed by atoms with Crippen molar-refractivity contribution in [2.45, 2.75) is 51.4 Å². The summed E-state index contributed by atoms with van der Waals surface area (Å²) in [5.41, 5.74) is 2.03. The lowest BCUT2D eigenvalue weighted by Gasteiger charge is -2.21. The van der Waals surface area contributed by atoms with Crippen molar-refractivity contribution in [3.63, 3.8) is 0 Å². The van der Waals surface area contributed by atoms with Gasteiger partial charge in [-0.1, -0.05) is 24.9 Å². The Hall–Kier alpha value is -1.71. The van der Waals surface area contributed by atoms with Crippen LogP contribution in [-0.2, 0) is 5.41 Å². The van der Waals surface area contributed by atoms with Crippen LogP contribution in [0, 0.1) is 6.92 Å². The van der Waals surface area contributed by atoms with E-state index in [0.717, 1.165) is 36.4 Å². The van der Waals surface area contributed by atoms with E-state index in [9.17, 15) is 0 Å². The molecule has 0 bridgehead atoms. The lowest BCUT2D eigenvalue weighted by atomic mass is 9.83. The van der Waals surface area contributed by atoms with Gasteiger partial charge >= 0.3 is 0 Å². The van der Waals surface area contributed by atoms with Gasteiger partial charge in [0.1, 0.15) is 0 Å². The molecule has 0 aliphatic heterocycles. The quantitative estimate of drug-likeness (QED) is 0.842. The maximum atomic E-state index is 5.54. The number of hydrogen-bond acceptors (Lipinski definition) is 4. The van der Waals surface area contributed by atoms with Gasteiger partial charge in [0.25, 0.3) is 0 Å². The molecule has 4 heteroatoms. The first-order valence-electron chi connectivity index (χ1n) is 7.01. The number of aryl methyl sites for hydroxylation is 1. The van der Waals surface area contributed by atoms with E-state index < -0.39 is 0 Å². The Balaban J connectivity index is 1.92. The third-order valence-electron chi connectivity index (χ3n) is 4.29. The molecule has 1 aliphatic carbocycles. The minimum absolute atomic E-state index is 0.114. The van der Waals surface area contributed by atoms with Gasteiger partial charge in [-0.15, -0.1) is 0 Å². The highest BCUT2D eigenvalue weighted by atomic mass is 16.5. The van der Waals surface area contributed by atoms with Crippen LogP contribution in [0.2, 0.25) is 0 Å². The van der Waals surface area contributed by atoms with Crippen molar-refractivity contribution < 1.29 is 4.52 Å². The van der Waals surface area contributed by atoms with Crippen molar-refractivity contribution in [3.05, 3.63) is 29.9 Å². The van der Waals surface area contributed by atoms with E-state index in [-0.39, 0.29) is 5.41 Å². The van der Waals surface area contributed by atoms with Crippen molar-refractivity contribution in [2.24, 2.45) is 0 Å². The molecular weight excluding hydrogens is 238 g/mol. The Morgan fingerprint density at radius 2 is 2.05 bits per heavy atom. The summed E-state index contributed by atoms with van der Waals surface area (Å²) in [6.45, 7) is 4.18. The van der Waals surface area contributed by atoms with E-state index in [1.165, 1.54) is 12.8 Å². The summed E-state index contributed by atoms with van der Waals surface area (Å²) in [7, 11) is 0. The second-order valence-electron chi connectivity index (χ2n) is 5.45. The van der Waals surface area contributed by atoms with Gasteiger partial charge in [0.2, 0.25) is 11.7 Å². The first kappa shape index (κ1) is 12.3. The van der Waals surface area contributed by atoms with Gasteiger partial charge in [-0.25, -0.2) is 0 Å². The molecule has 2 aromatic heterocycles. The third-order valence-corrected chi connectivity index (χ3v) is 4.29. The van der Waals surface area contributed by atoms with Crippen molar-refractivity contribution in [2.75, 3.05) is 0 Å². The highest BCUT2D eigenvalue weighted by molar-refractivity contribution is 5.52. The zero-order chi connectivity index (χ0) is 13.3. The fourth-order valence-electron chi connectivity index (χ4n) is 2.93. The molecule has 0 atom stereocenters. The molecule has 0 unspecified atom stereocenters. The van der Waals surface area contributed by atoms with Crippen molar-refractivity contribution >= 4 is 0 Å². The highest BCUT2D eigenvalue weighted by Gasteiger charge is 2.39. The predicted molar refractivity (Wildman–Crippen MR) is 72.7 cm³/mol. The molecule has 1 saturated carbocycles. The fourth-order valence-corrected chi connectivity index (χ4v) is 2.93. The summed E-state index contributed by atoms with van der Waals surface area (Å²) in [6, 6.07) is 3.96. The van der Waals surface area contributed by atoms with Crippen LogP contribution in [0.1, 0.15) is 50.6 Å². The van der Waals surface area contributed by atoms with Crippen LogP contribution >= 0.6 is 0 Å². The van der Waals surface area contributed by atoms with Crippen LogP contribution in [0.5, 0.6) is 0 Å². The molecule has 4 nitrogen and oxygen atoms in total. The number of rotatable bonds is 3. The third kappa shape index (κ3) is 2.15. The van der Waals surface area contributed by atoms with Crippen LogP contribution < -0.4 is 0 Å². The Morgan fingerprint density at radius 1 is 1.26 bits per heavy atom. The van der Waals surface area contributed by atoms with Gasteiger partial charge < -0.3 is 4.52 Å². The Bertz CT molecular complexity index is 553. The molecule has 0 radical (unpaired) electrons. The van der Waals surface area contributed by atoms with Gasteiger partial charge in [0, 0.05) is 22.9 Å². The second kappa shape index (κ2) is 4.76. The van der Waals surface area contributed by atoms with Crippen LogP contribution in [0.15, 0.2) is 22.9 Å². The topological polar surface area (TPSA) is 51.8 Å². The molecule has 0 spiro atoms. The first-order chi connectivity index (χ1) is 9.23. The summed E-state index contributed by atoms with van der Waals surface area (Å²) in [4.78, 5) is 8.90. The molecule has 0 N–H and O–H groups in total. The summed E-state index contributed by atoms with van der Waals surface area (Å²) in [5, 5.41) is 4.13. The minimum Gasteiger partial charge on any atom is -0.338 e. The zero-order valence-electron chi connectivity index (χ0n) is 11.5. The number of aromatic nitrogens is 3. The second-order valence-corrected chi connectivity index (χ2v) is 5.45. The van der Waals surface area contributed by atoms with Gasteiger partial charge in [0.05, 0.1) is 0 Å².